The quantitative estimate of drug-likeness (QED) is 0.880. The van der Waals surface area contributed by atoms with Gasteiger partial charge in [-0.3, -0.25) is 9.80 Å². The van der Waals surface area contributed by atoms with E-state index in [0.29, 0.717) is 25.2 Å². The number of benzene rings is 1. The van der Waals surface area contributed by atoms with Crippen LogP contribution in [-0.2, 0) is 0 Å². The molecule has 0 saturated carbocycles. The molecule has 2 rings (SSSR count). The topological polar surface area (TPSA) is 50.5 Å². The Labute approximate surface area is 112 Å². The van der Waals surface area contributed by atoms with Crippen LogP contribution in [0.5, 0.6) is 0 Å². The predicted octanol–water partition coefficient (Wildman–Crippen LogP) is 1.00. The van der Waals surface area contributed by atoms with Gasteiger partial charge in [0.1, 0.15) is 11.9 Å². The van der Waals surface area contributed by atoms with Crippen molar-refractivity contribution >= 4 is 0 Å². The van der Waals surface area contributed by atoms with Crippen LogP contribution < -0.4 is 0 Å². The highest BCUT2D eigenvalue weighted by Crippen LogP contribution is 2.23. The molecule has 0 bridgehead atoms. The van der Waals surface area contributed by atoms with E-state index in [-0.39, 0.29) is 12.4 Å². The number of halogens is 1. The SMILES string of the molecule is N#CC(c1ccccc1F)N1CCN(CCO)CC1. The van der Waals surface area contributed by atoms with Gasteiger partial charge < -0.3 is 5.11 Å². The van der Waals surface area contributed by atoms with E-state index < -0.39 is 6.04 Å². The van der Waals surface area contributed by atoms with Crippen molar-refractivity contribution in [3.63, 3.8) is 0 Å². The van der Waals surface area contributed by atoms with Gasteiger partial charge in [0.25, 0.3) is 0 Å². The zero-order chi connectivity index (χ0) is 13.7. The molecule has 1 unspecified atom stereocenters. The minimum absolute atomic E-state index is 0.148. The number of β-amino-alcohol motifs (C(OH)–C–C–N with tert-alkyl or cyclic N) is 1. The summed E-state index contributed by atoms with van der Waals surface area (Å²) in [5.74, 6) is -0.327. The van der Waals surface area contributed by atoms with Crippen molar-refractivity contribution in [1.82, 2.24) is 9.80 Å². The van der Waals surface area contributed by atoms with Crippen LogP contribution in [0.1, 0.15) is 11.6 Å². The molecule has 1 fully saturated rings. The molecule has 0 spiro atoms. The van der Waals surface area contributed by atoms with Gasteiger partial charge >= 0.3 is 0 Å². The molecule has 1 aromatic carbocycles. The summed E-state index contributed by atoms with van der Waals surface area (Å²) >= 11 is 0. The fourth-order valence-corrected chi connectivity index (χ4v) is 2.43. The van der Waals surface area contributed by atoms with Crippen LogP contribution in [0.3, 0.4) is 0 Å². The molecule has 19 heavy (non-hydrogen) atoms. The van der Waals surface area contributed by atoms with Gasteiger partial charge in [0.2, 0.25) is 0 Å². The Balaban J connectivity index is 2.05. The van der Waals surface area contributed by atoms with Gasteiger partial charge in [-0.1, -0.05) is 18.2 Å². The molecule has 4 nitrogen and oxygen atoms in total. The van der Waals surface area contributed by atoms with Crippen LogP contribution >= 0.6 is 0 Å². The zero-order valence-corrected chi connectivity index (χ0v) is 10.8. The Morgan fingerprint density at radius 2 is 1.95 bits per heavy atom. The summed E-state index contributed by atoms with van der Waals surface area (Å²) in [6, 6.07) is 8.11. The second-order valence-corrected chi connectivity index (χ2v) is 4.65. The number of aliphatic hydroxyl groups excluding tert-OH is 1. The highest BCUT2D eigenvalue weighted by Gasteiger charge is 2.26. The van der Waals surface area contributed by atoms with E-state index in [4.69, 9.17) is 5.11 Å². The number of hydrogen-bond acceptors (Lipinski definition) is 4. The van der Waals surface area contributed by atoms with Gasteiger partial charge in [0, 0.05) is 38.3 Å². The molecule has 1 aromatic rings. The maximum atomic E-state index is 13.8. The molecular formula is C14H18FN3O. The lowest BCUT2D eigenvalue weighted by Crippen LogP contribution is -2.48. The normalized spacial score (nSPS) is 19.0. The van der Waals surface area contributed by atoms with Gasteiger partial charge in [-0.05, 0) is 6.07 Å². The van der Waals surface area contributed by atoms with Gasteiger partial charge in [-0.25, -0.2) is 4.39 Å². The number of piperazine rings is 1. The first-order valence-electron chi connectivity index (χ1n) is 6.47. The molecule has 1 saturated heterocycles. The molecular weight excluding hydrogens is 245 g/mol. The first-order chi connectivity index (χ1) is 9.26. The fourth-order valence-electron chi connectivity index (χ4n) is 2.43. The largest absolute Gasteiger partial charge is 0.395 e. The third-order valence-electron chi connectivity index (χ3n) is 3.51. The molecule has 1 N–H and O–H groups in total. The van der Waals surface area contributed by atoms with Gasteiger partial charge in [0.15, 0.2) is 0 Å². The molecule has 1 aliphatic rings. The maximum absolute atomic E-state index is 13.8. The fraction of sp³-hybridized carbons (Fsp3) is 0.500. The summed E-state index contributed by atoms with van der Waals surface area (Å²) in [4.78, 5) is 4.14. The average molecular weight is 263 g/mol. The van der Waals surface area contributed by atoms with Crippen molar-refractivity contribution in [2.75, 3.05) is 39.3 Å². The lowest BCUT2D eigenvalue weighted by Gasteiger charge is -2.36. The zero-order valence-electron chi connectivity index (χ0n) is 10.8. The Morgan fingerprint density at radius 1 is 1.26 bits per heavy atom. The van der Waals surface area contributed by atoms with Gasteiger partial charge in [0.05, 0.1) is 12.7 Å². The first kappa shape index (κ1) is 13.9. The van der Waals surface area contributed by atoms with Crippen molar-refractivity contribution in [3.05, 3.63) is 35.6 Å². The molecule has 0 aliphatic carbocycles. The third kappa shape index (κ3) is 3.29. The molecule has 0 radical (unpaired) electrons. The summed E-state index contributed by atoms with van der Waals surface area (Å²) in [5.41, 5.74) is 0.445. The first-order valence-corrected chi connectivity index (χ1v) is 6.47. The van der Waals surface area contributed by atoms with Crippen LogP contribution in [0.4, 0.5) is 4.39 Å². The van der Waals surface area contributed by atoms with Gasteiger partial charge in [-0.2, -0.15) is 5.26 Å². The molecule has 5 heteroatoms. The predicted molar refractivity (Wildman–Crippen MR) is 69.9 cm³/mol. The summed E-state index contributed by atoms with van der Waals surface area (Å²) in [6.07, 6.45) is 0. The van der Waals surface area contributed by atoms with E-state index >= 15 is 0 Å². The Bertz CT molecular complexity index is 452. The summed E-state index contributed by atoms with van der Waals surface area (Å²) < 4.78 is 13.8. The second kappa shape index (κ2) is 6.62. The number of aliphatic hydroxyl groups is 1. The number of hydrogen-bond donors (Lipinski definition) is 1. The van der Waals surface area contributed by atoms with Crippen LogP contribution in [0.25, 0.3) is 0 Å². The minimum atomic E-state index is -0.530. The third-order valence-corrected chi connectivity index (χ3v) is 3.51. The van der Waals surface area contributed by atoms with E-state index in [0.717, 1.165) is 13.1 Å². The molecule has 1 aliphatic heterocycles. The molecule has 0 aromatic heterocycles. The monoisotopic (exact) mass is 263 g/mol. The van der Waals surface area contributed by atoms with Crippen LogP contribution in [0, 0.1) is 17.1 Å². The van der Waals surface area contributed by atoms with E-state index in [1.165, 1.54) is 6.07 Å². The van der Waals surface area contributed by atoms with Gasteiger partial charge in [-0.15, -0.1) is 0 Å². The number of nitriles is 1. The van der Waals surface area contributed by atoms with Crippen LogP contribution in [0.2, 0.25) is 0 Å². The lowest BCUT2D eigenvalue weighted by atomic mass is 10.0. The van der Waals surface area contributed by atoms with Crippen molar-refractivity contribution in [3.8, 4) is 6.07 Å². The Morgan fingerprint density at radius 3 is 2.53 bits per heavy atom. The highest BCUT2D eigenvalue weighted by molar-refractivity contribution is 5.26. The molecule has 0 amide bonds. The molecule has 1 atom stereocenters. The minimum Gasteiger partial charge on any atom is -0.395 e. The maximum Gasteiger partial charge on any atom is 0.129 e. The van der Waals surface area contributed by atoms with Crippen molar-refractivity contribution in [1.29, 1.82) is 5.26 Å². The molecule has 1 heterocycles. The van der Waals surface area contributed by atoms with Crippen molar-refractivity contribution in [2.24, 2.45) is 0 Å². The van der Waals surface area contributed by atoms with Crippen molar-refractivity contribution < 1.29 is 9.50 Å². The van der Waals surface area contributed by atoms with Crippen LogP contribution in [0.15, 0.2) is 24.3 Å². The number of nitrogens with zero attached hydrogens (tertiary/aromatic N) is 3. The van der Waals surface area contributed by atoms with E-state index in [9.17, 15) is 9.65 Å². The lowest BCUT2D eigenvalue weighted by molar-refractivity contribution is 0.0973. The Hall–Kier alpha value is -1.48. The highest BCUT2D eigenvalue weighted by atomic mass is 19.1. The smallest absolute Gasteiger partial charge is 0.129 e. The number of rotatable bonds is 4. The summed E-state index contributed by atoms with van der Waals surface area (Å²) in [5, 5.41) is 18.2. The van der Waals surface area contributed by atoms with Crippen LogP contribution in [-0.4, -0.2) is 54.2 Å². The Kier molecular flexibility index (Phi) is 4.86. The summed E-state index contributed by atoms with van der Waals surface area (Å²) in [6.45, 7) is 3.83. The second-order valence-electron chi connectivity index (χ2n) is 4.65. The van der Waals surface area contributed by atoms with Crippen molar-refractivity contribution in [2.45, 2.75) is 6.04 Å². The average Bonchev–Trinajstić information content (AvgIpc) is 2.44. The summed E-state index contributed by atoms with van der Waals surface area (Å²) in [7, 11) is 0. The van der Waals surface area contributed by atoms with E-state index in [1.807, 2.05) is 4.90 Å². The van der Waals surface area contributed by atoms with E-state index in [2.05, 4.69) is 11.0 Å². The molecule has 102 valence electrons. The van der Waals surface area contributed by atoms with E-state index in [1.54, 1.807) is 18.2 Å². The standard InChI is InChI=1S/C14H18FN3O/c15-13-4-2-1-3-12(13)14(11-16)18-7-5-17(6-8-18)9-10-19/h1-4,14,19H,5-10H2.